The number of hydrogen-bond donors (Lipinski definition) is 2. The van der Waals surface area contributed by atoms with Crippen LogP contribution in [0.3, 0.4) is 0 Å². The molecule has 6 aliphatic rings. The van der Waals surface area contributed by atoms with Crippen molar-refractivity contribution in [2.24, 2.45) is 0 Å². The molecule has 0 atom stereocenters. The Morgan fingerprint density at radius 2 is 0.881 bits per heavy atom. The zero-order chi connectivity index (χ0) is 28.5. The highest BCUT2D eigenvalue weighted by Crippen LogP contribution is 2.30. The molecule has 1 aromatic rings. The molecule has 4 spiro atoms. The molecule has 7 heterocycles. The van der Waals surface area contributed by atoms with E-state index in [1.165, 1.54) is 135 Å². The van der Waals surface area contributed by atoms with Gasteiger partial charge in [-0.15, -0.1) is 0 Å². The van der Waals surface area contributed by atoms with Crippen LogP contribution in [-0.2, 0) is 0 Å². The second-order valence-corrected chi connectivity index (χ2v) is 14.7. The molecule has 6 fully saturated rings. The number of nitrogens with zero attached hydrogens (tertiary/aromatic N) is 8. The lowest BCUT2D eigenvalue weighted by atomic mass is 10.1. The van der Waals surface area contributed by atoms with Crippen LogP contribution in [0.15, 0.2) is 6.33 Å². The number of anilines is 2. The van der Waals surface area contributed by atoms with E-state index in [4.69, 9.17) is 9.97 Å². The van der Waals surface area contributed by atoms with Gasteiger partial charge in [0.05, 0.1) is 110 Å². The van der Waals surface area contributed by atoms with Gasteiger partial charge in [0.2, 0.25) is 0 Å². The van der Waals surface area contributed by atoms with Crippen LogP contribution in [0.1, 0.15) is 23.2 Å². The first-order chi connectivity index (χ1) is 20.6. The fourth-order valence-electron chi connectivity index (χ4n) is 9.50. The van der Waals surface area contributed by atoms with Gasteiger partial charge in [0.1, 0.15) is 44.1 Å². The van der Waals surface area contributed by atoms with Crippen molar-refractivity contribution in [1.29, 1.82) is 0 Å². The molecule has 0 aliphatic carbocycles. The number of quaternary nitrogens is 4. The van der Waals surface area contributed by atoms with Gasteiger partial charge in [0, 0.05) is 39.0 Å². The summed E-state index contributed by atoms with van der Waals surface area (Å²) in [7, 11) is 0. The molecule has 1 aromatic heterocycles. The third-order valence-corrected chi connectivity index (χ3v) is 12.6. The van der Waals surface area contributed by atoms with Gasteiger partial charge in [0.15, 0.2) is 6.29 Å². The minimum atomic E-state index is 0.710. The highest BCUT2D eigenvalue weighted by molar-refractivity contribution is 5.90. The quantitative estimate of drug-likeness (QED) is 0.357. The summed E-state index contributed by atoms with van der Waals surface area (Å²) in [6, 6.07) is 0. The van der Waals surface area contributed by atoms with Crippen LogP contribution in [0, 0.1) is 0 Å². The number of rotatable bonds is 3. The molecule has 42 heavy (non-hydrogen) atoms. The summed E-state index contributed by atoms with van der Waals surface area (Å²) in [5.41, 5.74) is 0.710. The fourth-order valence-corrected chi connectivity index (χ4v) is 9.50. The van der Waals surface area contributed by atoms with Crippen LogP contribution < -0.4 is 20.4 Å². The van der Waals surface area contributed by atoms with Crippen molar-refractivity contribution in [3.05, 3.63) is 11.9 Å². The van der Waals surface area contributed by atoms with E-state index in [0.29, 0.717) is 5.56 Å². The lowest BCUT2D eigenvalue weighted by molar-refractivity contribution is -0.964. The van der Waals surface area contributed by atoms with Crippen molar-refractivity contribution < 1.29 is 22.7 Å². The van der Waals surface area contributed by atoms with Crippen LogP contribution in [0.2, 0.25) is 0 Å². The van der Waals surface area contributed by atoms with Crippen LogP contribution in [0.4, 0.5) is 11.6 Å². The highest BCUT2D eigenvalue weighted by Gasteiger charge is 2.43. The Balaban J connectivity index is 0.988. The number of carbonyl (C=O) groups is 1. The first-order valence-corrected chi connectivity index (χ1v) is 17.2. The van der Waals surface area contributed by atoms with E-state index >= 15 is 0 Å². The molecule has 11 heteroatoms. The number of piperazine rings is 4. The van der Waals surface area contributed by atoms with Crippen molar-refractivity contribution in [1.82, 2.24) is 20.6 Å². The van der Waals surface area contributed by atoms with Crippen molar-refractivity contribution in [2.75, 3.05) is 167 Å². The standard InChI is InChI=1S/C31H56N10O/c42-27-29-30(36-7-19-40(20-8-36)13-1-11-38(23-25-40)15-3-32-4-16-38)34-28-35-31(29)37-9-21-41(22-10-37)14-2-12-39(24-26-41)17-5-33-6-18-39/h27-28,32-33H,1-26H2/q+4. The molecule has 0 bridgehead atoms. The van der Waals surface area contributed by atoms with Gasteiger partial charge in [0.25, 0.3) is 0 Å². The van der Waals surface area contributed by atoms with Gasteiger partial charge in [-0.1, -0.05) is 0 Å². The first-order valence-electron chi connectivity index (χ1n) is 17.2. The molecule has 0 amide bonds. The Bertz CT molecular complexity index is 1010. The van der Waals surface area contributed by atoms with Crippen molar-refractivity contribution in [2.45, 2.75) is 12.8 Å². The first kappa shape index (κ1) is 28.9. The maximum atomic E-state index is 12.6. The number of hydrogen-bond acceptors (Lipinski definition) is 7. The Kier molecular flexibility index (Phi) is 8.17. The van der Waals surface area contributed by atoms with E-state index in [1.54, 1.807) is 6.33 Å². The minimum absolute atomic E-state index is 0.710. The van der Waals surface area contributed by atoms with Gasteiger partial charge in [-0.3, -0.25) is 4.79 Å². The SMILES string of the molecule is O=Cc1c(N2CC[N+]3(CCC[N+]4(CCNCC4)CC3)CC2)ncnc1N1CC[N+]2(CCC[N+]3(CCNCC3)CC2)CC1. The number of aldehydes is 1. The van der Waals surface area contributed by atoms with Crippen LogP contribution in [0.5, 0.6) is 0 Å². The average Bonchev–Trinajstić information content (AvgIpc) is 3.31. The molecular formula is C31H56N10O+4. The summed E-state index contributed by atoms with van der Waals surface area (Å²) in [4.78, 5) is 26.8. The van der Waals surface area contributed by atoms with Crippen molar-refractivity contribution in [3.8, 4) is 0 Å². The summed E-state index contributed by atoms with van der Waals surface area (Å²) >= 11 is 0. The fraction of sp³-hybridized carbons (Fsp3) is 0.839. The van der Waals surface area contributed by atoms with E-state index in [-0.39, 0.29) is 0 Å². The highest BCUT2D eigenvalue weighted by atomic mass is 16.1. The summed E-state index contributed by atoms with van der Waals surface area (Å²) < 4.78 is 5.16. The normalized spacial score (nSPS) is 29.0. The topological polar surface area (TPSA) is 73.4 Å². The van der Waals surface area contributed by atoms with Crippen LogP contribution in [0.25, 0.3) is 0 Å². The second kappa shape index (κ2) is 11.9. The van der Waals surface area contributed by atoms with Crippen LogP contribution in [-0.4, -0.2) is 191 Å². The second-order valence-electron chi connectivity index (χ2n) is 14.7. The predicted octanol–water partition coefficient (Wildman–Crippen LogP) is -0.790. The molecule has 0 unspecified atom stereocenters. The lowest BCUT2D eigenvalue weighted by Gasteiger charge is -2.46. The Morgan fingerprint density at radius 1 is 0.524 bits per heavy atom. The largest absolute Gasteiger partial charge is 0.345 e. The summed E-state index contributed by atoms with van der Waals surface area (Å²) in [6.45, 7) is 29.0. The molecule has 0 aromatic carbocycles. The predicted molar refractivity (Wildman–Crippen MR) is 166 cm³/mol. The zero-order valence-electron chi connectivity index (χ0n) is 26.0. The molecule has 6 aliphatic heterocycles. The van der Waals surface area contributed by atoms with E-state index in [2.05, 4.69) is 20.4 Å². The summed E-state index contributed by atoms with van der Waals surface area (Å²) in [6.07, 6.45) is 5.42. The van der Waals surface area contributed by atoms with Gasteiger partial charge < -0.3 is 38.4 Å². The van der Waals surface area contributed by atoms with Gasteiger partial charge in [-0.2, -0.15) is 0 Å². The van der Waals surface area contributed by atoms with E-state index in [9.17, 15) is 4.79 Å². The molecule has 6 saturated heterocycles. The molecule has 0 radical (unpaired) electrons. The molecule has 232 valence electrons. The molecule has 11 nitrogen and oxygen atoms in total. The smallest absolute Gasteiger partial charge is 0.157 e. The monoisotopic (exact) mass is 584 g/mol. The van der Waals surface area contributed by atoms with Gasteiger partial charge in [-0.25, -0.2) is 9.97 Å². The summed E-state index contributed by atoms with van der Waals surface area (Å²) in [5, 5.41) is 7.13. The molecular weight excluding hydrogens is 528 g/mol. The Hall–Kier alpha value is -1.89. The molecule has 0 saturated carbocycles. The zero-order valence-corrected chi connectivity index (χ0v) is 26.0. The number of carbonyl (C=O) groups excluding carboxylic acids is 1. The maximum Gasteiger partial charge on any atom is 0.157 e. The van der Waals surface area contributed by atoms with E-state index < -0.39 is 0 Å². The minimum Gasteiger partial charge on any atom is -0.345 e. The Morgan fingerprint density at radius 3 is 1.24 bits per heavy atom. The van der Waals surface area contributed by atoms with Crippen molar-refractivity contribution >= 4 is 17.9 Å². The van der Waals surface area contributed by atoms with Gasteiger partial charge >= 0.3 is 0 Å². The lowest BCUT2D eigenvalue weighted by Crippen LogP contribution is -2.64. The maximum absolute atomic E-state index is 12.6. The van der Waals surface area contributed by atoms with Crippen LogP contribution >= 0.6 is 0 Å². The number of aromatic nitrogens is 2. The van der Waals surface area contributed by atoms with E-state index in [0.717, 1.165) is 70.3 Å². The Labute approximate surface area is 252 Å². The molecule has 2 N–H and O–H groups in total. The van der Waals surface area contributed by atoms with E-state index in [1.807, 2.05) is 0 Å². The average molecular weight is 585 g/mol. The third kappa shape index (κ3) is 5.68. The third-order valence-electron chi connectivity index (χ3n) is 12.6. The number of nitrogens with one attached hydrogen (secondary N) is 2. The molecule has 7 rings (SSSR count). The van der Waals surface area contributed by atoms with Gasteiger partial charge in [-0.05, 0) is 0 Å². The van der Waals surface area contributed by atoms with Crippen molar-refractivity contribution in [3.63, 3.8) is 0 Å². The summed E-state index contributed by atoms with van der Waals surface area (Å²) in [5.74, 6) is 1.73.